The Kier molecular flexibility index (Phi) is 8.03. The second-order valence-electron chi connectivity index (χ2n) is 8.54. The Morgan fingerprint density at radius 1 is 1.03 bits per heavy atom. The van der Waals surface area contributed by atoms with Crippen LogP contribution in [-0.4, -0.2) is 83.9 Å². The summed E-state index contributed by atoms with van der Waals surface area (Å²) in [6.07, 6.45) is -2.74. The Morgan fingerprint density at radius 2 is 1.72 bits per heavy atom. The lowest BCUT2D eigenvalue weighted by molar-refractivity contribution is -0.139. The molecule has 0 aliphatic carbocycles. The lowest BCUT2D eigenvalue weighted by atomic mass is 9.96. The highest BCUT2D eigenvalue weighted by molar-refractivity contribution is 5.81. The summed E-state index contributed by atoms with van der Waals surface area (Å²) in [4.78, 5) is 33.2. The Bertz CT molecular complexity index is 790. The van der Waals surface area contributed by atoms with Gasteiger partial charge in [-0.3, -0.25) is 9.69 Å². The first-order valence-electron chi connectivity index (χ1n) is 11.4. The van der Waals surface area contributed by atoms with Crippen molar-refractivity contribution in [3.05, 3.63) is 35.4 Å². The van der Waals surface area contributed by atoms with Crippen molar-refractivity contribution in [3.63, 3.8) is 0 Å². The highest BCUT2D eigenvalue weighted by Crippen LogP contribution is 2.30. The molecule has 1 aromatic carbocycles. The molecule has 6 nitrogen and oxygen atoms in total. The molecule has 0 aromatic heterocycles. The summed E-state index contributed by atoms with van der Waals surface area (Å²) in [5.74, 6) is -0.0981. The number of benzene rings is 1. The Labute approximate surface area is 187 Å². The minimum Gasteiger partial charge on any atom is -0.340 e. The second-order valence-corrected chi connectivity index (χ2v) is 8.54. The van der Waals surface area contributed by atoms with Crippen LogP contribution in [0.2, 0.25) is 0 Å². The van der Waals surface area contributed by atoms with Crippen LogP contribution in [-0.2, 0) is 17.5 Å². The molecule has 3 rings (SSSR count). The van der Waals surface area contributed by atoms with Gasteiger partial charge >= 0.3 is 12.2 Å². The molecule has 9 heteroatoms. The molecule has 1 aromatic rings. The van der Waals surface area contributed by atoms with Gasteiger partial charge in [0, 0.05) is 58.9 Å². The summed E-state index contributed by atoms with van der Waals surface area (Å²) in [6.45, 7) is 9.13. The maximum Gasteiger partial charge on any atom is 0.416 e. The Hall–Kier alpha value is -2.29. The van der Waals surface area contributed by atoms with Crippen LogP contribution in [0, 0.1) is 5.92 Å². The molecule has 1 atom stereocenters. The summed E-state index contributed by atoms with van der Waals surface area (Å²) in [7, 11) is 0. The van der Waals surface area contributed by atoms with Crippen molar-refractivity contribution in [2.75, 3.05) is 52.4 Å². The number of carbonyl (C=O) groups excluding carboxylic acids is 2. The molecule has 0 unspecified atom stereocenters. The van der Waals surface area contributed by atoms with E-state index in [0.29, 0.717) is 64.5 Å². The summed E-state index contributed by atoms with van der Waals surface area (Å²) in [6, 6.07) is 5.42. The average molecular weight is 455 g/mol. The fourth-order valence-electron chi connectivity index (χ4n) is 4.54. The minimum atomic E-state index is -4.35. The Balaban J connectivity index is 1.51. The van der Waals surface area contributed by atoms with E-state index in [1.165, 1.54) is 12.1 Å². The van der Waals surface area contributed by atoms with Gasteiger partial charge in [0.05, 0.1) is 11.5 Å². The third-order valence-electron chi connectivity index (χ3n) is 6.42. The zero-order valence-corrected chi connectivity index (χ0v) is 18.9. The Morgan fingerprint density at radius 3 is 2.34 bits per heavy atom. The molecule has 2 saturated heterocycles. The van der Waals surface area contributed by atoms with Crippen LogP contribution in [0.4, 0.5) is 18.0 Å². The van der Waals surface area contributed by atoms with Crippen LogP contribution in [0.1, 0.15) is 37.8 Å². The van der Waals surface area contributed by atoms with Gasteiger partial charge in [0.1, 0.15) is 0 Å². The van der Waals surface area contributed by atoms with E-state index in [2.05, 4.69) is 4.90 Å². The van der Waals surface area contributed by atoms with E-state index in [4.69, 9.17) is 0 Å². The molecule has 2 aliphatic rings. The van der Waals surface area contributed by atoms with E-state index in [-0.39, 0.29) is 17.9 Å². The number of urea groups is 1. The molecule has 0 spiro atoms. The average Bonchev–Trinajstić information content (AvgIpc) is 2.79. The van der Waals surface area contributed by atoms with Gasteiger partial charge in [0.25, 0.3) is 0 Å². The number of piperidine rings is 1. The van der Waals surface area contributed by atoms with Gasteiger partial charge in [-0.1, -0.05) is 18.2 Å². The molecule has 0 N–H and O–H groups in total. The number of rotatable bonds is 5. The molecule has 0 bridgehead atoms. The number of alkyl halides is 3. The quantitative estimate of drug-likeness (QED) is 0.684. The number of piperazine rings is 1. The number of hydrogen-bond donors (Lipinski definition) is 0. The molecule has 178 valence electrons. The van der Waals surface area contributed by atoms with E-state index >= 15 is 0 Å². The molecule has 2 fully saturated rings. The topological polar surface area (TPSA) is 47.1 Å². The van der Waals surface area contributed by atoms with Crippen LogP contribution in [0.5, 0.6) is 0 Å². The number of halogens is 3. The van der Waals surface area contributed by atoms with Gasteiger partial charge < -0.3 is 14.7 Å². The second kappa shape index (κ2) is 10.6. The molecular weight excluding hydrogens is 421 g/mol. The third kappa shape index (κ3) is 5.94. The van der Waals surface area contributed by atoms with E-state index in [1.54, 1.807) is 15.9 Å². The van der Waals surface area contributed by atoms with Gasteiger partial charge in [-0.25, -0.2) is 4.79 Å². The first-order valence-corrected chi connectivity index (χ1v) is 11.4. The summed E-state index contributed by atoms with van der Waals surface area (Å²) >= 11 is 0. The third-order valence-corrected chi connectivity index (χ3v) is 6.42. The van der Waals surface area contributed by atoms with Crippen molar-refractivity contribution in [2.24, 2.45) is 5.92 Å². The van der Waals surface area contributed by atoms with Gasteiger partial charge in [0.2, 0.25) is 5.91 Å². The molecule has 0 radical (unpaired) electrons. The van der Waals surface area contributed by atoms with Crippen LogP contribution in [0.3, 0.4) is 0 Å². The molecule has 2 aliphatic heterocycles. The van der Waals surface area contributed by atoms with Crippen LogP contribution >= 0.6 is 0 Å². The van der Waals surface area contributed by atoms with E-state index in [1.807, 2.05) is 18.7 Å². The summed E-state index contributed by atoms with van der Waals surface area (Å²) in [5.41, 5.74) is -0.0117. The fraction of sp³-hybridized carbons (Fsp3) is 0.652. The maximum absolute atomic E-state index is 13.1. The number of nitrogens with zero attached hydrogens (tertiary/aromatic N) is 4. The smallest absolute Gasteiger partial charge is 0.340 e. The van der Waals surface area contributed by atoms with Gasteiger partial charge in [0.15, 0.2) is 0 Å². The maximum atomic E-state index is 13.1. The summed E-state index contributed by atoms with van der Waals surface area (Å²) < 4.78 is 38.8. The summed E-state index contributed by atoms with van der Waals surface area (Å²) in [5, 5.41) is 0. The number of hydrogen-bond acceptors (Lipinski definition) is 3. The van der Waals surface area contributed by atoms with Crippen molar-refractivity contribution in [1.82, 2.24) is 19.6 Å². The first kappa shape index (κ1) is 24.4. The van der Waals surface area contributed by atoms with E-state index in [0.717, 1.165) is 18.9 Å². The van der Waals surface area contributed by atoms with Crippen molar-refractivity contribution >= 4 is 11.9 Å². The monoisotopic (exact) mass is 454 g/mol. The number of likely N-dealkylation sites (tertiary alicyclic amines) is 1. The fourth-order valence-corrected chi connectivity index (χ4v) is 4.54. The molecule has 0 saturated carbocycles. The molecule has 3 amide bonds. The van der Waals surface area contributed by atoms with Crippen molar-refractivity contribution in [3.8, 4) is 0 Å². The first-order chi connectivity index (χ1) is 15.2. The molecule has 2 heterocycles. The normalized spacial score (nSPS) is 20.3. The van der Waals surface area contributed by atoms with E-state index < -0.39 is 11.7 Å². The lowest BCUT2D eigenvalue weighted by Crippen LogP contribution is -2.54. The van der Waals surface area contributed by atoms with E-state index in [9.17, 15) is 22.8 Å². The standard InChI is InChI=1S/C23H33F3N4O2/c1-3-28(4-2)22(32)30-10-6-8-19(17-30)21(31)29-13-11-27(12-14-29)16-18-7-5-9-20(15-18)23(24,25)26/h5,7,9,15,19H,3-4,6,8,10-14,16-17H2,1-2H3/t19-/m0/s1. The highest BCUT2D eigenvalue weighted by atomic mass is 19.4. The van der Waals surface area contributed by atoms with Crippen LogP contribution < -0.4 is 0 Å². The molecular formula is C23H33F3N4O2. The van der Waals surface area contributed by atoms with Gasteiger partial charge in [-0.2, -0.15) is 13.2 Å². The predicted molar refractivity (Wildman–Crippen MR) is 116 cm³/mol. The SMILES string of the molecule is CCN(CC)C(=O)N1CCC[C@H](C(=O)N2CCN(Cc3cccc(C(F)(F)F)c3)CC2)C1. The predicted octanol–water partition coefficient (Wildman–Crippen LogP) is 3.52. The van der Waals surface area contributed by atoms with Crippen LogP contribution in [0.25, 0.3) is 0 Å². The zero-order chi connectivity index (χ0) is 23.3. The van der Waals surface area contributed by atoms with Gasteiger partial charge in [-0.15, -0.1) is 0 Å². The van der Waals surface area contributed by atoms with Crippen LogP contribution in [0.15, 0.2) is 24.3 Å². The minimum absolute atomic E-state index is 0.00148. The van der Waals surface area contributed by atoms with Gasteiger partial charge in [-0.05, 0) is 38.3 Å². The van der Waals surface area contributed by atoms with Crippen molar-refractivity contribution in [1.29, 1.82) is 0 Å². The van der Waals surface area contributed by atoms with Crippen molar-refractivity contribution < 1.29 is 22.8 Å². The zero-order valence-electron chi connectivity index (χ0n) is 18.9. The largest absolute Gasteiger partial charge is 0.416 e. The number of carbonyl (C=O) groups is 2. The highest BCUT2D eigenvalue weighted by Gasteiger charge is 2.34. The molecule has 32 heavy (non-hydrogen) atoms. The number of amides is 3. The van der Waals surface area contributed by atoms with Crippen molar-refractivity contribution in [2.45, 2.75) is 39.4 Å². The lowest BCUT2D eigenvalue weighted by Gasteiger charge is -2.40.